The van der Waals surface area contributed by atoms with Gasteiger partial charge in [-0.15, -0.1) is 0 Å². The summed E-state index contributed by atoms with van der Waals surface area (Å²) in [6, 6.07) is 5.66. The van der Waals surface area contributed by atoms with Crippen LogP contribution in [-0.4, -0.2) is 12.1 Å². The van der Waals surface area contributed by atoms with Crippen molar-refractivity contribution in [2.45, 2.75) is 0 Å². The van der Waals surface area contributed by atoms with Gasteiger partial charge >= 0.3 is 6.08 Å². The third-order valence-electron chi connectivity index (χ3n) is 1.80. The summed E-state index contributed by atoms with van der Waals surface area (Å²) in [5.74, 6) is 0. The van der Waals surface area contributed by atoms with Crippen LogP contribution in [0.15, 0.2) is 29.2 Å². The van der Waals surface area contributed by atoms with Crippen LogP contribution in [0.4, 0.5) is 0 Å². The first-order valence-corrected chi connectivity index (χ1v) is 3.90. The Balaban J connectivity index is 2.63. The first-order chi connectivity index (χ1) is 6.33. The lowest BCUT2D eigenvalue weighted by Gasteiger charge is -1.89. The monoisotopic (exact) mass is 175 g/mol. The summed E-state index contributed by atoms with van der Waals surface area (Å²) in [7, 11) is 1.53. The molecule has 0 saturated carbocycles. The smallest absolute Gasteiger partial charge is 0.394 e. The normalized spacial score (nSPS) is 10.2. The fourth-order valence-corrected chi connectivity index (χ4v) is 1.14. The van der Waals surface area contributed by atoms with Gasteiger partial charge in [0.25, 0.3) is 0 Å². The van der Waals surface area contributed by atoms with Gasteiger partial charge in [0.2, 0.25) is 0 Å². The van der Waals surface area contributed by atoms with Gasteiger partial charge in [0, 0.05) is 0 Å². The van der Waals surface area contributed by atoms with Crippen LogP contribution < -0.4 is 4.74 Å². The van der Waals surface area contributed by atoms with E-state index in [-0.39, 0.29) is 6.08 Å². The third kappa shape index (κ3) is 1.28. The second kappa shape index (κ2) is 2.94. The van der Waals surface area contributed by atoms with Crippen molar-refractivity contribution in [3.63, 3.8) is 0 Å². The molecule has 66 valence electrons. The SMILES string of the molecule is C=Cc1ccc2oc(OC)nc2c1. The Hall–Kier alpha value is -1.77. The number of aromatic nitrogens is 1. The number of nitrogens with zero attached hydrogens (tertiary/aromatic N) is 1. The maximum atomic E-state index is 5.25. The van der Waals surface area contributed by atoms with Crippen molar-refractivity contribution in [3.05, 3.63) is 30.3 Å². The third-order valence-corrected chi connectivity index (χ3v) is 1.80. The maximum Gasteiger partial charge on any atom is 0.394 e. The second-order valence-electron chi connectivity index (χ2n) is 2.62. The number of fused-ring (bicyclic) bond motifs is 1. The molecule has 0 radical (unpaired) electrons. The predicted octanol–water partition coefficient (Wildman–Crippen LogP) is 2.48. The molecule has 13 heavy (non-hydrogen) atoms. The molecule has 0 aliphatic rings. The zero-order valence-electron chi connectivity index (χ0n) is 7.28. The highest BCUT2D eigenvalue weighted by Gasteiger charge is 2.04. The summed E-state index contributed by atoms with van der Waals surface area (Å²) >= 11 is 0. The largest absolute Gasteiger partial charge is 0.453 e. The molecule has 2 rings (SSSR count). The van der Waals surface area contributed by atoms with Crippen LogP contribution in [0.3, 0.4) is 0 Å². The Kier molecular flexibility index (Phi) is 1.77. The van der Waals surface area contributed by atoms with Gasteiger partial charge in [-0.1, -0.05) is 18.7 Å². The minimum absolute atomic E-state index is 0.288. The van der Waals surface area contributed by atoms with Crippen molar-refractivity contribution in [3.8, 4) is 6.08 Å². The van der Waals surface area contributed by atoms with Crippen molar-refractivity contribution in [1.82, 2.24) is 4.98 Å². The minimum Gasteiger partial charge on any atom is -0.453 e. The van der Waals surface area contributed by atoms with Gasteiger partial charge in [-0.3, -0.25) is 0 Å². The molecule has 0 bridgehead atoms. The Morgan fingerprint density at radius 2 is 2.38 bits per heavy atom. The highest BCUT2D eigenvalue weighted by atomic mass is 16.6. The van der Waals surface area contributed by atoms with Gasteiger partial charge < -0.3 is 9.15 Å². The van der Waals surface area contributed by atoms with Crippen LogP contribution in [0, 0.1) is 0 Å². The first-order valence-electron chi connectivity index (χ1n) is 3.90. The molecule has 1 aromatic carbocycles. The molecule has 3 nitrogen and oxygen atoms in total. The highest BCUT2D eigenvalue weighted by Crippen LogP contribution is 2.21. The topological polar surface area (TPSA) is 35.3 Å². The lowest BCUT2D eigenvalue weighted by molar-refractivity contribution is 0.299. The molecule has 0 atom stereocenters. The van der Waals surface area contributed by atoms with E-state index in [0.29, 0.717) is 0 Å². The van der Waals surface area contributed by atoms with E-state index in [4.69, 9.17) is 9.15 Å². The number of methoxy groups -OCH3 is 1. The fraction of sp³-hybridized carbons (Fsp3) is 0.100. The lowest BCUT2D eigenvalue weighted by Crippen LogP contribution is -1.79. The number of rotatable bonds is 2. The van der Waals surface area contributed by atoms with E-state index < -0.39 is 0 Å². The molecule has 0 saturated heterocycles. The van der Waals surface area contributed by atoms with Gasteiger partial charge in [0.1, 0.15) is 5.52 Å². The molecule has 1 aromatic heterocycles. The molecular formula is C10H9NO2. The van der Waals surface area contributed by atoms with Crippen LogP contribution in [0.1, 0.15) is 5.56 Å². The zero-order chi connectivity index (χ0) is 9.26. The van der Waals surface area contributed by atoms with Crippen molar-refractivity contribution in [2.75, 3.05) is 7.11 Å². The van der Waals surface area contributed by atoms with Crippen LogP contribution in [-0.2, 0) is 0 Å². The molecule has 0 aliphatic heterocycles. The summed E-state index contributed by atoms with van der Waals surface area (Å²) in [5, 5.41) is 0. The number of hydrogen-bond donors (Lipinski definition) is 0. The molecule has 1 heterocycles. The molecular weight excluding hydrogens is 166 g/mol. The van der Waals surface area contributed by atoms with E-state index >= 15 is 0 Å². The number of benzene rings is 1. The lowest BCUT2D eigenvalue weighted by atomic mass is 10.2. The minimum atomic E-state index is 0.288. The number of ether oxygens (including phenoxy) is 1. The van der Waals surface area contributed by atoms with E-state index in [0.717, 1.165) is 16.7 Å². The summed E-state index contributed by atoms with van der Waals surface area (Å²) < 4.78 is 10.1. The Morgan fingerprint density at radius 3 is 3.08 bits per heavy atom. The van der Waals surface area contributed by atoms with Crippen molar-refractivity contribution in [1.29, 1.82) is 0 Å². The quantitative estimate of drug-likeness (QED) is 0.703. The average molecular weight is 175 g/mol. The summed E-state index contributed by atoms with van der Waals surface area (Å²) in [5.41, 5.74) is 2.53. The van der Waals surface area contributed by atoms with E-state index in [1.165, 1.54) is 7.11 Å². The van der Waals surface area contributed by atoms with Crippen LogP contribution in [0.5, 0.6) is 6.08 Å². The summed E-state index contributed by atoms with van der Waals surface area (Å²) in [6.45, 7) is 3.68. The van der Waals surface area contributed by atoms with Crippen LogP contribution in [0.2, 0.25) is 0 Å². The highest BCUT2D eigenvalue weighted by molar-refractivity contribution is 5.76. The summed E-state index contributed by atoms with van der Waals surface area (Å²) in [4.78, 5) is 4.10. The van der Waals surface area contributed by atoms with E-state index in [2.05, 4.69) is 11.6 Å². The van der Waals surface area contributed by atoms with Gasteiger partial charge in [0.15, 0.2) is 5.58 Å². The van der Waals surface area contributed by atoms with Crippen molar-refractivity contribution < 1.29 is 9.15 Å². The predicted molar refractivity (Wildman–Crippen MR) is 50.7 cm³/mol. The van der Waals surface area contributed by atoms with Crippen LogP contribution >= 0.6 is 0 Å². The van der Waals surface area contributed by atoms with Crippen LogP contribution in [0.25, 0.3) is 17.2 Å². The van der Waals surface area contributed by atoms with Gasteiger partial charge in [-0.25, -0.2) is 0 Å². The van der Waals surface area contributed by atoms with E-state index in [1.54, 1.807) is 6.08 Å². The molecule has 3 heteroatoms. The Bertz CT molecular complexity index is 445. The Morgan fingerprint density at radius 1 is 1.54 bits per heavy atom. The van der Waals surface area contributed by atoms with Gasteiger partial charge in [0.05, 0.1) is 7.11 Å². The number of hydrogen-bond acceptors (Lipinski definition) is 3. The Labute approximate surface area is 75.6 Å². The van der Waals surface area contributed by atoms with Gasteiger partial charge in [-0.2, -0.15) is 4.98 Å². The van der Waals surface area contributed by atoms with E-state index in [9.17, 15) is 0 Å². The van der Waals surface area contributed by atoms with Crippen molar-refractivity contribution in [2.24, 2.45) is 0 Å². The second-order valence-corrected chi connectivity index (χ2v) is 2.62. The zero-order valence-corrected chi connectivity index (χ0v) is 7.28. The molecule has 0 amide bonds. The molecule has 2 aromatic rings. The fourth-order valence-electron chi connectivity index (χ4n) is 1.14. The molecule has 0 aliphatic carbocycles. The van der Waals surface area contributed by atoms with Gasteiger partial charge in [-0.05, 0) is 17.7 Å². The molecule has 0 unspecified atom stereocenters. The molecule has 0 fully saturated rings. The standard InChI is InChI=1S/C10H9NO2/c1-3-7-4-5-9-8(6-7)11-10(12-2)13-9/h3-6H,1H2,2H3. The average Bonchev–Trinajstić information content (AvgIpc) is 2.58. The maximum absolute atomic E-state index is 5.25. The molecule has 0 spiro atoms. The van der Waals surface area contributed by atoms with E-state index in [1.807, 2.05) is 18.2 Å². The first kappa shape index (κ1) is 7.86. The summed E-state index contributed by atoms with van der Waals surface area (Å²) in [6.07, 6.45) is 2.05. The number of oxazole rings is 1. The van der Waals surface area contributed by atoms with Crippen molar-refractivity contribution >= 4 is 17.2 Å². The molecule has 0 N–H and O–H groups in total.